The highest BCUT2D eigenvalue weighted by Crippen LogP contribution is 2.35. The van der Waals surface area contributed by atoms with Gasteiger partial charge in [0.2, 0.25) is 0 Å². The molecule has 0 radical (unpaired) electrons. The fourth-order valence-corrected chi connectivity index (χ4v) is 5.13. The van der Waals surface area contributed by atoms with E-state index in [2.05, 4.69) is 4.90 Å². The number of benzene rings is 2. The smallest absolute Gasteiger partial charge is 0.289 e. The molecule has 2 heterocycles. The molecule has 10 heteroatoms. The van der Waals surface area contributed by atoms with Gasteiger partial charge < -0.3 is 4.90 Å². The molecule has 0 N–H and O–H groups in total. The summed E-state index contributed by atoms with van der Waals surface area (Å²) in [5.41, 5.74) is 1.35. The lowest BCUT2D eigenvalue weighted by molar-refractivity contribution is -0.384. The zero-order valence-electron chi connectivity index (χ0n) is 15.9. The Labute approximate surface area is 177 Å². The number of nitro groups is 1. The number of fused-ring (bicyclic) bond motifs is 1. The second kappa shape index (κ2) is 7.50. The second-order valence-corrected chi connectivity index (χ2v) is 9.34. The van der Waals surface area contributed by atoms with Crippen molar-refractivity contribution in [2.75, 3.05) is 20.1 Å². The molecule has 0 amide bonds. The normalized spacial score (nSPS) is 15.4. The van der Waals surface area contributed by atoms with Crippen LogP contribution in [0.2, 0.25) is 5.02 Å². The van der Waals surface area contributed by atoms with Gasteiger partial charge in [0.15, 0.2) is 0 Å². The molecule has 1 aromatic heterocycles. The second-order valence-electron chi connectivity index (χ2n) is 7.12. The van der Waals surface area contributed by atoms with Crippen molar-refractivity contribution in [3.63, 3.8) is 0 Å². The van der Waals surface area contributed by atoms with Crippen molar-refractivity contribution >= 4 is 43.8 Å². The molecule has 0 spiro atoms. The minimum Gasteiger partial charge on any atom is -0.302 e. The SMILES string of the molecule is CN1CC=C(c2cn(S(=O)(=O)c3ccc(Cl)c([N+](=O)[O-])c3)c3ccc(F)cc23)CC1. The molecule has 0 saturated heterocycles. The molecular weight excluding hydrogens is 433 g/mol. The molecule has 0 fully saturated rings. The van der Waals surface area contributed by atoms with Crippen molar-refractivity contribution in [3.8, 4) is 0 Å². The van der Waals surface area contributed by atoms with Gasteiger partial charge in [-0.25, -0.2) is 16.8 Å². The van der Waals surface area contributed by atoms with E-state index >= 15 is 0 Å². The van der Waals surface area contributed by atoms with Gasteiger partial charge in [0.05, 0.1) is 15.3 Å². The average Bonchev–Trinajstić information content (AvgIpc) is 3.08. The summed E-state index contributed by atoms with van der Waals surface area (Å²) in [6, 6.07) is 7.21. The van der Waals surface area contributed by atoms with E-state index in [9.17, 15) is 22.9 Å². The minimum absolute atomic E-state index is 0.157. The van der Waals surface area contributed by atoms with E-state index < -0.39 is 26.5 Å². The number of rotatable bonds is 4. The van der Waals surface area contributed by atoms with Gasteiger partial charge in [-0.15, -0.1) is 0 Å². The number of nitrogens with zero attached hydrogens (tertiary/aromatic N) is 3. The van der Waals surface area contributed by atoms with Crippen molar-refractivity contribution in [2.24, 2.45) is 0 Å². The molecule has 0 unspecified atom stereocenters. The lowest BCUT2D eigenvalue weighted by Crippen LogP contribution is -2.23. The van der Waals surface area contributed by atoms with Crippen LogP contribution in [0.4, 0.5) is 10.1 Å². The third-order valence-corrected chi connectivity index (χ3v) is 7.15. The van der Waals surface area contributed by atoms with Crippen molar-refractivity contribution < 1.29 is 17.7 Å². The molecule has 0 saturated carbocycles. The third kappa shape index (κ3) is 3.49. The standard InChI is InChI=1S/C20H17ClFN3O4S/c1-23-8-6-13(7-9-23)17-12-24(19-5-2-14(22)10-16(17)19)30(28,29)15-3-4-18(21)20(11-15)25(26)27/h2-6,10-12H,7-9H2,1H3. The Balaban J connectivity index is 1.93. The molecule has 0 aliphatic carbocycles. The van der Waals surface area contributed by atoms with Gasteiger partial charge in [-0.3, -0.25) is 10.1 Å². The maximum atomic E-state index is 14.0. The molecule has 4 rings (SSSR count). The Bertz CT molecular complexity index is 1320. The lowest BCUT2D eigenvalue weighted by atomic mass is 9.99. The van der Waals surface area contributed by atoms with Crippen molar-refractivity contribution in [1.29, 1.82) is 0 Å². The maximum absolute atomic E-state index is 14.0. The Hall–Kier alpha value is -2.75. The molecule has 156 valence electrons. The highest BCUT2D eigenvalue weighted by Gasteiger charge is 2.26. The van der Waals surface area contributed by atoms with Crippen LogP contribution in [0.25, 0.3) is 16.5 Å². The van der Waals surface area contributed by atoms with Crippen LogP contribution < -0.4 is 0 Å². The molecule has 1 aliphatic heterocycles. The molecule has 0 bridgehead atoms. The van der Waals surface area contributed by atoms with E-state index in [1.807, 2.05) is 13.1 Å². The highest BCUT2D eigenvalue weighted by molar-refractivity contribution is 7.90. The number of likely N-dealkylation sites (N-methyl/N-ethyl adjacent to an activating group) is 1. The molecule has 7 nitrogen and oxygen atoms in total. The predicted molar refractivity (Wildman–Crippen MR) is 113 cm³/mol. The molecule has 30 heavy (non-hydrogen) atoms. The van der Waals surface area contributed by atoms with Crippen LogP contribution in [0, 0.1) is 15.9 Å². The molecule has 3 aromatic rings. The van der Waals surface area contributed by atoms with Gasteiger partial charge in [-0.2, -0.15) is 0 Å². The summed E-state index contributed by atoms with van der Waals surface area (Å²) in [6.07, 6.45) is 4.14. The lowest BCUT2D eigenvalue weighted by Gasteiger charge is -2.21. The summed E-state index contributed by atoms with van der Waals surface area (Å²) >= 11 is 5.82. The summed E-state index contributed by atoms with van der Waals surface area (Å²) in [5, 5.41) is 11.5. The summed E-state index contributed by atoms with van der Waals surface area (Å²) in [7, 11) is -2.21. The zero-order chi connectivity index (χ0) is 21.6. The number of halogens is 2. The molecule has 0 atom stereocenters. The van der Waals surface area contributed by atoms with Gasteiger partial charge in [0, 0.05) is 36.3 Å². The van der Waals surface area contributed by atoms with Crippen molar-refractivity contribution in [2.45, 2.75) is 11.3 Å². The van der Waals surface area contributed by atoms with E-state index in [1.165, 1.54) is 36.5 Å². The van der Waals surface area contributed by atoms with E-state index in [-0.39, 0.29) is 9.92 Å². The predicted octanol–water partition coefficient (Wildman–Crippen LogP) is 4.30. The molecule has 2 aromatic carbocycles. The van der Waals surface area contributed by atoms with E-state index in [1.54, 1.807) is 0 Å². The Morgan fingerprint density at radius 3 is 2.63 bits per heavy atom. The van der Waals surface area contributed by atoms with Crippen LogP contribution >= 0.6 is 11.6 Å². The Morgan fingerprint density at radius 2 is 1.97 bits per heavy atom. The quantitative estimate of drug-likeness (QED) is 0.438. The summed E-state index contributed by atoms with van der Waals surface area (Å²) in [6.45, 7) is 1.50. The van der Waals surface area contributed by atoms with Crippen LogP contribution in [0.5, 0.6) is 0 Å². The highest BCUT2D eigenvalue weighted by atomic mass is 35.5. The van der Waals surface area contributed by atoms with Gasteiger partial charge in [-0.1, -0.05) is 17.7 Å². The average molecular weight is 450 g/mol. The number of hydrogen-bond acceptors (Lipinski definition) is 5. The first-order valence-corrected chi connectivity index (χ1v) is 10.9. The maximum Gasteiger partial charge on any atom is 0.289 e. The monoisotopic (exact) mass is 449 g/mol. The van der Waals surface area contributed by atoms with Gasteiger partial charge >= 0.3 is 0 Å². The minimum atomic E-state index is -4.19. The van der Waals surface area contributed by atoms with Crippen LogP contribution in [0.15, 0.2) is 53.6 Å². The zero-order valence-corrected chi connectivity index (χ0v) is 17.5. The fraction of sp³-hybridized carbons (Fsp3) is 0.200. The van der Waals surface area contributed by atoms with E-state index in [4.69, 9.17) is 11.6 Å². The number of hydrogen-bond donors (Lipinski definition) is 0. The fourth-order valence-electron chi connectivity index (χ4n) is 3.55. The summed E-state index contributed by atoms with van der Waals surface area (Å²) in [4.78, 5) is 12.3. The molecule has 1 aliphatic rings. The van der Waals surface area contributed by atoms with Gasteiger partial charge in [0.1, 0.15) is 10.8 Å². The number of nitro benzene ring substituents is 1. The van der Waals surface area contributed by atoms with Crippen molar-refractivity contribution in [3.05, 3.63) is 75.2 Å². The molecular formula is C20H17ClFN3O4S. The third-order valence-electron chi connectivity index (χ3n) is 5.16. The summed E-state index contributed by atoms with van der Waals surface area (Å²) < 4.78 is 41.7. The van der Waals surface area contributed by atoms with Crippen LogP contribution in [-0.4, -0.2) is 42.4 Å². The van der Waals surface area contributed by atoms with Crippen LogP contribution in [0.1, 0.15) is 12.0 Å². The van der Waals surface area contributed by atoms with E-state index in [0.29, 0.717) is 29.4 Å². The number of aromatic nitrogens is 1. The Morgan fingerprint density at radius 1 is 1.20 bits per heavy atom. The Kier molecular flexibility index (Phi) is 5.13. The van der Waals surface area contributed by atoms with Gasteiger partial charge in [-0.05, 0) is 49.4 Å². The topological polar surface area (TPSA) is 85.5 Å². The van der Waals surface area contributed by atoms with E-state index in [0.717, 1.165) is 22.2 Å². The first kappa shape index (κ1) is 20.5. The first-order valence-electron chi connectivity index (χ1n) is 9.06. The van der Waals surface area contributed by atoms with Crippen LogP contribution in [-0.2, 0) is 10.0 Å². The van der Waals surface area contributed by atoms with Crippen molar-refractivity contribution in [1.82, 2.24) is 8.87 Å². The largest absolute Gasteiger partial charge is 0.302 e. The van der Waals surface area contributed by atoms with Gasteiger partial charge in [0.25, 0.3) is 15.7 Å². The van der Waals surface area contributed by atoms with Crippen LogP contribution in [0.3, 0.4) is 0 Å². The first-order chi connectivity index (χ1) is 14.2. The summed E-state index contributed by atoms with van der Waals surface area (Å²) in [5.74, 6) is -0.477.